The molecule has 2 amide bonds. The van der Waals surface area contributed by atoms with Gasteiger partial charge in [0.2, 0.25) is 0 Å². The molecule has 0 atom stereocenters. The molecule has 0 unspecified atom stereocenters. The molecule has 3 aromatic carbocycles. The Hall–Kier alpha value is -4.78. The topological polar surface area (TPSA) is 88.9 Å². The second-order valence-corrected chi connectivity index (χ2v) is 7.74. The Kier molecular flexibility index (Phi) is 5.58. The Labute approximate surface area is 196 Å². The lowest BCUT2D eigenvalue weighted by Crippen LogP contribution is -2.13. The van der Waals surface area contributed by atoms with Crippen LogP contribution in [-0.2, 0) is 7.05 Å². The lowest BCUT2D eigenvalue weighted by molar-refractivity contribution is 0.101. The van der Waals surface area contributed by atoms with Crippen LogP contribution in [0.1, 0.15) is 20.7 Å². The summed E-state index contributed by atoms with van der Waals surface area (Å²) in [6, 6.07) is 27.2. The number of amides is 2. The van der Waals surface area contributed by atoms with Crippen molar-refractivity contribution in [3.05, 3.63) is 108 Å². The summed E-state index contributed by atoms with van der Waals surface area (Å²) in [5.74, 6) is 0.197. The van der Waals surface area contributed by atoms with E-state index in [0.29, 0.717) is 34.0 Å². The van der Waals surface area contributed by atoms with Crippen molar-refractivity contribution in [3.8, 4) is 11.5 Å². The fraction of sp³-hybridized carbons (Fsp3) is 0.0370. The van der Waals surface area contributed by atoms with Crippen molar-refractivity contribution in [2.45, 2.75) is 0 Å². The molecular formula is C27H21N5O2. The van der Waals surface area contributed by atoms with Crippen LogP contribution in [-0.4, -0.2) is 26.3 Å². The smallest absolute Gasteiger partial charge is 0.255 e. The zero-order valence-corrected chi connectivity index (χ0v) is 18.4. The van der Waals surface area contributed by atoms with Crippen LogP contribution in [0.2, 0.25) is 0 Å². The van der Waals surface area contributed by atoms with Gasteiger partial charge >= 0.3 is 0 Å². The number of carbonyl (C=O) groups excluding carboxylic acids is 2. The van der Waals surface area contributed by atoms with Gasteiger partial charge in [-0.05, 0) is 54.6 Å². The highest BCUT2D eigenvalue weighted by atomic mass is 16.2. The van der Waals surface area contributed by atoms with Crippen LogP contribution in [0.15, 0.2) is 97.2 Å². The number of aromatic nitrogens is 3. The van der Waals surface area contributed by atoms with E-state index in [0.717, 1.165) is 11.0 Å². The first-order valence-electron chi connectivity index (χ1n) is 10.7. The van der Waals surface area contributed by atoms with Gasteiger partial charge in [-0.3, -0.25) is 14.6 Å². The fourth-order valence-corrected chi connectivity index (χ4v) is 3.74. The summed E-state index contributed by atoms with van der Waals surface area (Å²) < 4.78 is 1.90. The van der Waals surface area contributed by atoms with Gasteiger partial charge in [0, 0.05) is 30.1 Å². The van der Waals surface area contributed by atoms with Crippen molar-refractivity contribution >= 4 is 34.2 Å². The Balaban J connectivity index is 1.46. The second kappa shape index (κ2) is 8.99. The van der Waals surface area contributed by atoms with Gasteiger partial charge in [0.1, 0.15) is 5.69 Å². The average Bonchev–Trinajstić information content (AvgIpc) is 3.21. The predicted octanol–water partition coefficient (Wildman–Crippen LogP) is 5.14. The van der Waals surface area contributed by atoms with Gasteiger partial charge in [-0.25, -0.2) is 4.98 Å². The molecule has 0 saturated carbocycles. The zero-order chi connectivity index (χ0) is 23.5. The van der Waals surface area contributed by atoms with Crippen molar-refractivity contribution in [2.24, 2.45) is 7.05 Å². The molecule has 0 aliphatic carbocycles. The van der Waals surface area contributed by atoms with Crippen LogP contribution in [0.25, 0.3) is 22.6 Å². The standard InChI is InChI=1S/C27H21N5O2/c1-32-23-17-20(29-26(33)18-9-4-2-5-10-18)14-15-21(23)30-25(32)24-22(13-8-16-28-24)31-27(34)19-11-6-3-7-12-19/h2-17H,1H3,(H,29,33)(H,31,34). The SMILES string of the molecule is Cn1c(-c2ncccc2NC(=O)c2ccccc2)nc2ccc(NC(=O)c3ccccc3)cc21. The number of benzene rings is 3. The van der Waals surface area contributed by atoms with Gasteiger partial charge in [0.15, 0.2) is 5.82 Å². The van der Waals surface area contributed by atoms with E-state index in [9.17, 15) is 9.59 Å². The fourth-order valence-electron chi connectivity index (χ4n) is 3.74. The van der Waals surface area contributed by atoms with Crippen molar-refractivity contribution in [2.75, 3.05) is 10.6 Å². The maximum atomic E-state index is 12.7. The van der Waals surface area contributed by atoms with E-state index in [4.69, 9.17) is 4.98 Å². The molecule has 34 heavy (non-hydrogen) atoms. The molecule has 2 heterocycles. The number of pyridine rings is 1. The monoisotopic (exact) mass is 447 g/mol. The largest absolute Gasteiger partial charge is 0.326 e. The van der Waals surface area contributed by atoms with E-state index >= 15 is 0 Å². The molecular weight excluding hydrogens is 426 g/mol. The quantitative estimate of drug-likeness (QED) is 0.390. The van der Waals surface area contributed by atoms with Crippen molar-refractivity contribution < 1.29 is 9.59 Å². The van der Waals surface area contributed by atoms with E-state index < -0.39 is 0 Å². The van der Waals surface area contributed by atoms with E-state index in [1.165, 1.54) is 0 Å². The maximum Gasteiger partial charge on any atom is 0.255 e. The molecule has 5 aromatic rings. The summed E-state index contributed by atoms with van der Waals surface area (Å²) >= 11 is 0. The number of nitrogens with one attached hydrogen (secondary N) is 2. The van der Waals surface area contributed by atoms with E-state index in [2.05, 4.69) is 15.6 Å². The Bertz CT molecular complexity index is 1490. The first-order valence-corrected chi connectivity index (χ1v) is 10.7. The summed E-state index contributed by atoms with van der Waals surface area (Å²) in [5, 5.41) is 5.87. The van der Waals surface area contributed by atoms with Crippen LogP contribution < -0.4 is 10.6 Å². The number of anilines is 2. The second-order valence-electron chi connectivity index (χ2n) is 7.74. The predicted molar refractivity (Wildman–Crippen MR) is 133 cm³/mol. The van der Waals surface area contributed by atoms with Crippen LogP contribution in [0.3, 0.4) is 0 Å². The average molecular weight is 447 g/mol. The first kappa shape index (κ1) is 21.1. The number of hydrogen-bond acceptors (Lipinski definition) is 4. The van der Waals surface area contributed by atoms with Crippen molar-refractivity contribution in [1.82, 2.24) is 14.5 Å². The number of rotatable bonds is 5. The normalized spacial score (nSPS) is 10.7. The Morgan fingerprint density at radius 1 is 0.765 bits per heavy atom. The molecule has 7 heteroatoms. The lowest BCUT2D eigenvalue weighted by atomic mass is 10.2. The lowest BCUT2D eigenvalue weighted by Gasteiger charge is -2.10. The van der Waals surface area contributed by atoms with Crippen LogP contribution >= 0.6 is 0 Å². The third-order valence-corrected chi connectivity index (χ3v) is 5.48. The number of fused-ring (bicyclic) bond motifs is 1. The molecule has 0 aliphatic heterocycles. The Morgan fingerprint density at radius 3 is 2.09 bits per heavy atom. The van der Waals surface area contributed by atoms with Gasteiger partial charge in [0.05, 0.1) is 16.7 Å². The highest BCUT2D eigenvalue weighted by molar-refractivity contribution is 6.06. The molecule has 166 valence electrons. The number of carbonyl (C=O) groups is 2. The van der Waals surface area contributed by atoms with Crippen molar-refractivity contribution in [3.63, 3.8) is 0 Å². The molecule has 0 radical (unpaired) electrons. The molecule has 7 nitrogen and oxygen atoms in total. The van der Waals surface area contributed by atoms with Gasteiger partial charge in [-0.1, -0.05) is 36.4 Å². The number of nitrogens with zero attached hydrogens (tertiary/aromatic N) is 3. The van der Waals surface area contributed by atoms with Crippen LogP contribution in [0, 0.1) is 0 Å². The summed E-state index contributed by atoms with van der Waals surface area (Å²) in [6.07, 6.45) is 1.67. The van der Waals surface area contributed by atoms with E-state index in [1.807, 2.05) is 66.2 Å². The highest BCUT2D eigenvalue weighted by Crippen LogP contribution is 2.29. The van der Waals surface area contributed by atoms with Crippen molar-refractivity contribution in [1.29, 1.82) is 0 Å². The molecule has 2 N–H and O–H groups in total. The number of hydrogen-bond donors (Lipinski definition) is 2. The third-order valence-electron chi connectivity index (χ3n) is 5.48. The minimum Gasteiger partial charge on any atom is -0.326 e. The molecule has 2 aromatic heterocycles. The summed E-state index contributed by atoms with van der Waals surface area (Å²) in [5.41, 5.74) is 4.50. The summed E-state index contributed by atoms with van der Waals surface area (Å²) in [6.45, 7) is 0. The van der Waals surface area contributed by atoms with Gasteiger partial charge in [-0.15, -0.1) is 0 Å². The van der Waals surface area contributed by atoms with E-state index in [-0.39, 0.29) is 11.8 Å². The number of imidazole rings is 1. The minimum atomic E-state index is -0.223. The first-order chi connectivity index (χ1) is 16.6. The van der Waals surface area contributed by atoms with E-state index in [1.54, 1.807) is 42.6 Å². The number of aryl methyl sites for hydroxylation is 1. The minimum absolute atomic E-state index is 0.182. The molecule has 0 spiro atoms. The molecule has 5 rings (SSSR count). The van der Waals surface area contributed by atoms with Gasteiger partial charge in [0.25, 0.3) is 11.8 Å². The molecule has 0 fully saturated rings. The third kappa shape index (κ3) is 4.14. The van der Waals surface area contributed by atoms with Crippen LogP contribution in [0.4, 0.5) is 11.4 Å². The maximum absolute atomic E-state index is 12.7. The van der Waals surface area contributed by atoms with Gasteiger partial charge in [-0.2, -0.15) is 0 Å². The zero-order valence-electron chi connectivity index (χ0n) is 18.4. The molecule has 0 aliphatic rings. The Morgan fingerprint density at radius 2 is 1.41 bits per heavy atom. The summed E-state index contributed by atoms with van der Waals surface area (Å²) in [7, 11) is 1.88. The van der Waals surface area contributed by atoms with Gasteiger partial charge < -0.3 is 15.2 Å². The summed E-state index contributed by atoms with van der Waals surface area (Å²) in [4.78, 5) is 34.5. The molecule has 0 saturated heterocycles. The molecule has 0 bridgehead atoms. The van der Waals surface area contributed by atoms with Crippen LogP contribution in [0.5, 0.6) is 0 Å². The highest BCUT2D eigenvalue weighted by Gasteiger charge is 2.17.